The first kappa shape index (κ1) is 14.9. The van der Waals surface area contributed by atoms with Crippen LogP contribution in [0.1, 0.15) is 51.1 Å². The summed E-state index contributed by atoms with van der Waals surface area (Å²) in [5, 5.41) is 3.58. The lowest BCUT2D eigenvalue weighted by atomic mass is 9.85. The minimum Gasteiger partial charge on any atom is -0.464 e. The molecule has 1 atom stereocenters. The Morgan fingerprint density at radius 2 is 2.10 bits per heavy atom. The van der Waals surface area contributed by atoms with Crippen LogP contribution in [-0.4, -0.2) is 9.55 Å². The lowest BCUT2D eigenvalue weighted by Gasteiger charge is -2.30. The van der Waals surface area contributed by atoms with Gasteiger partial charge in [-0.15, -0.1) is 0 Å². The van der Waals surface area contributed by atoms with Gasteiger partial charge in [-0.05, 0) is 17.5 Å². The molecule has 2 heterocycles. The van der Waals surface area contributed by atoms with Gasteiger partial charge in [-0.25, -0.2) is 4.98 Å². The van der Waals surface area contributed by atoms with Crippen molar-refractivity contribution >= 4 is 0 Å². The average Bonchev–Trinajstić information content (AvgIpc) is 2.98. The quantitative estimate of drug-likeness (QED) is 0.908. The third-order valence-corrected chi connectivity index (χ3v) is 3.57. The molecule has 0 spiro atoms. The second-order valence-corrected chi connectivity index (χ2v) is 6.29. The van der Waals surface area contributed by atoms with E-state index < -0.39 is 0 Å². The van der Waals surface area contributed by atoms with E-state index in [-0.39, 0.29) is 11.5 Å². The first-order chi connectivity index (χ1) is 9.41. The maximum atomic E-state index is 5.93. The van der Waals surface area contributed by atoms with Crippen molar-refractivity contribution in [2.45, 2.75) is 46.7 Å². The number of furan rings is 1. The van der Waals surface area contributed by atoms with E-state index in [1.165, 1.54) is 0 Å². The predicted octanol–water partition coefficient (Wildman–Crippen LogP) is 3.45. The molecular weight excluding hydrogens is 250 g/mol. The van der Waals surface area contributed by atoms with E-state index >= 15 is 0 Å². The van der Waals surface area contributed by atoms with E-state index in [2.05, 4.69) is 50.1 Å². The number of aromatic nitrogens is 2. The van der Waals surface area contributed by atoms with Gasteiger partial charge in [-0.2, -0.15) is 0 Å². The Bertz CT molecular complexity index is 548. The Kier molecular flexibility index (Phi) is 4.33. The first-order valence-corrected chi connectivity index (χ1v) is 7.20. The van der Waals surface area contributed by atoms with Crippen molar-refractivity contribution < 1.29 is 4.42 Å². The number of rotatable bonds is 5. The molecule has 2 aromatic rings. The van der Waals surface area contributed by atoms with Crippen molar-refractivity contribution in [1.82, 2.24) is 14.9 Å². The maximum Gasteiger partial charge on any atom is 0.122 e. The monoisotopic (exact) mass is 275 g/mol. The number of aryl methyl sites for hydroxylation is 2. The highest BCUT2D eigenvalue weighted by Crippen LogP contribution is 2.34. The van der Waals surface area contributed by atoms with Gasteiger partial charge in [0.2, 0.25) is 0 Å². The molecule has 20 heavy (non-hydrogen) atoms. The zero-order valence-corrected chi connectivity index (χ0v) is 13.1. The number of imidazole rings is 1. The number of nitrogens with one attached hydrogen (secondary N) is 1. The van der Waals surface area contributed by atoms with Crippen molar-refractivity contribution in [3.8, 4) is 0 Å². The summed E-state index contributed by atoms with van der Waals surface area (Å²) in [6.45, 7) is 9.50. The van der Waals surface area contributed by atoms with Crippen LogP contribution in [0.25, 0.3) is 0 Å². The Morgan fingerprint density at radius 3 is 2.60 bits per heavy atom. The van der Waals surface area contributed by atoms with Crippen LogP contribution in [0.2, 0.25) is 0 Å². The van der Waals surface area contributed by atoms with E-state index in [0.29, 0.717) is 0 Å². The molecule has 4 heteroatoms. The fourth-order valence-corrected chi connectivity index (χ4v) is 2.33. The van der Waals surface area contributed by atoms with E-state index in [1.54, 1.807) is 0 Å². The molecule has 0 saturated heterocycles. The van der Waals surface area contributed by atoms with E-state index in [0.717, 1.165) is 30.3 Å². The van der Waals surface area contributed by atoms with Crippen LogP contribution < -0.4 is 5.32 Å². The molecule has 0 radical (unpaired) electrons. The van der Waals surface area contributed by atoms with Gasteiger partial charge in [0, 0.05) is 25.9 Å². The molecule has 0 amide bonds. The predicted molar refractivity (Wildman–Crippen MR) is 80.3 cm³/mol. The SMILES string of the molecule is CCc1ccc([C@@H](NCc2nccn2C)C(C)(C)C)o1. The largest absolute Gasteiger partial charge is 0.464 e. The minimum atomic E-state index is 0.0774. The molecule has 0 saturated carbocycles. The highest BCUT2D eigenvalue weighted by molar-refractivity contribution is 5.13. The Hall–Kier alpha value is -1.55. The van der Waals surface area contributed by atoms with Crippen LogP contribution in [0.5, 0.6) is 0 Å². The van der Waals surface area contributed by atoms with Crippen LogP contribution in [-0.2, 0) is 20.0 Å². The summed E-state index contributed by atoms with van der Waals surface area (Å²) in [6.07, 6.45) is 4.71. The van der Waals surface area contributed by atoms with Gasteiger partial charge in [0.15, 0.2) is 0 Å². The fourth-order valence-electron chi connectivity index (χ4n) is 2.33. The molecule has 0 aliphatic heterocycles. The molecule has 4 nitrogen and oxygen atoms in total. The third kappa shape index (κ3) is 3.31. The molecule has 0 unspecified atom stereocenters. The van der Waals surface area contributed by atoms with E-state index in [4.69, 9.17) is 4.42 Å². The van der Waals surface area contributed by atoms with Crippen LogP contribution >= 0.6 is 0 Å². The normalized spacial score (nSPS) is 13.7. The van der Waals surface area contributed by atoms with Crippen molar-refractivity contribution in [2.24, 2.45) is 12.5 Å². The zero-order valence-electron chi connectivity index (χ0n) is 13.1. The molecule has 2 aromatic heterocycles. The molecule has 0 fully saturated rings. The zero-order chi connectivity index (χ0) is 14.8. The molecule has 0 aliphatic carbocycles. The van der Waals surface area contributed by atoms with Crippen molar-refractivity contribution in [3.63, 3.8) is 0 Å². The van der Waals surface area contributed by atoms with Crippen molar-refractivity contribution in [3.05, 3.63) is 41.9 Å². The van der Waals surface area contributed by atoms with Gasteiger partial charge in [0.1, 0.15) is 17.3 Å². The molecule has 0 aromatic carbocycles. The van der Waals surface area contributed by atoms with Gasteiger partial charge >= 0.3 is 0 Å². The first-order valence-electron chi connectivity index (χ1n) is 7.20. The van der Waals surface area contributed by atoms with E-state index in [9.17, 15) is 0 Å². The van der Waals surface area contributed by atoms with Crippen LogP contribution in [0, 0.1) is 5.41 Å². The molecular formula is C16H25N3O. The molecule has 110 valence electrons. The molecule has 0 aliphatic rings. The lowest BCUT2D eigenvalue weighted by molar-refractivity contribution is 0.230. The fraction of sp³-hybridized carbons (Fsp3) is 0.562. The molecule has 1 N–H and O–H groups in total. The topological polar surface area (TPSA) is 43.0 Å². The second kappa shape index (κ2) is 5.83. The van der Waals surface area contributed by atoms with Crippen molar-refractivity contribution in [1.29, 1.82) is 0 Å². The summed E-state index contributed by atoms with van der Waals surface area (Å²) in [5.41, 5.74) is 0.0774. The smallest absolute Gasteiger partial charge is 0.122 e. The number of nitrogens with zero attached hydrogens (tertiary/aromatic N) is 2. The van der Waals surface area contributed by atoms with Gasteiger partial charge in [0.25, 0.3) is 0 Å². The standard InChI is InChI=1S/C16H25N3O/c1-6-12-7-8-13(20-12)15(16(2,3)4)18-11-14-17-9-10-19(14)5/h7-10,15,18H,6,11H2,1-5H3/t15-/m1/s1. The second-order valence-electron chi connectivity index (χ2n) is 6.29. The van der Waals surface area contributed by atoms with Crippen LogP contribution in [0.4, 0.5) is 0 Å². The van der Waals surface area contributed by atoms with Gasteiger partial charge in [-0.3, -0.25) is 5.32 Å². The summed E-state index contributed by atoms with van der Waals surface area (Å²) in [6, 6.07) is 4.32. The van der Waals surface area contributed by atoms with E-state index in [1.807, 2.05) is 24.0 Å². The number of hydrogen-bond acceptors (Lipinski definition) is 3. The Labute approximate surface area is 121 Å². The Balaban J connectivity index is 2.14. The van der Waals surface area contributed by atoms with Crippen LogP contribution in [0.3, 0.4) is 0 Å². The van der Waals surface area contributed by atoms with Crippen molar-refractivity contribution in [2.75, 3.05) is 0 Å². The summed E-state index contributed by atoms with van der Waals surface area (Å²) in [7, 11) is 2.01. The summed E-state index contributed by atoms with van der Waals surface area (Å²) >= 11 is 0. The van der Waals surface area contributed by atoms with Gasteiger partial charge in [-0.1, -0.05) is 27.7 Å². The average molecular weight is 275 g/mol. The highest BCUT2D eigenvalue weighted by Gasteiger charge is 2.28. The minimum absolute atomic E-state index is 0.0774. The molecule has 2 rings (SSSR count). The van der Waals surface area contributed by atoms with Crippen LogP contribution in [0.15, 0.2) is 28.9 Å². The summed E-state index contributed by atoms with van der Waals surface area (Å²) < 4.78 is 7.97. The molecule has 0 bridgehead atoms. The summed E-state index contributed by atoms with van der Waals surface area (Å²) in [5.74, 6) is 3.07. The lowest BCUT2D eigenvalue weighted by Crippen LogP contribution is -2.32. The van der Waals surface area contributed by atoms with Gasteiger partial charge < -0.3 is 8.98 Å². The summed E-state index contributed by atoms with van der Waals surface area (Å²) in [4.78, 5) is 4.35. The Morgan fingerprint density at radius 1 is 1.35 bits per heavy atom. The number of hydrogen-bond donors (Lipinski definition) is 1. The van der Waals surface area contributed by atoms with Gasteiger partial charge in [0.05, 0.1) is 12.6 Å². The maximum absolute atomic E-state index is 5.93. The highest BCUT2D eigenvalue weighted by atomic mass is 16.3. The third-order valence-electron chi connectivity index (χ3n) is 3.57.